The maximum absolute atomic E-state index is 12.1. The van der Waals surface area contributed by atoms with Crippen LogP contribution in [0.3, 0.4) is 0 Å². The molecule has 1 aromatic rings. The van der Waals surface area contributed by atoms with E-state index in [9.17, 15) is 14.4 Å². The van der Waals surface area contributed by atoms with E-state index in [1.807, 2.05) is 36.2 Å². The molecule has 1 fully saturated rings. The van der Waals surface area contributed by atoms with Crippen molar-refractivity contribution < 1.29 is 14.4 Å². The number of carbonyl (C=O) groups is 3. The molecule has 4 amide bonds. The van der Waals surface area contributed by atoms with Crippen LogP contribution in [0.5, 0.6) is 0 Å². The molecule has 0 saturated carbocycles. The van der Waals surface area contributed by atoms with Crippen LogP contribution in [0.25, 0.3) is 0 Å². The van der Waals surface area contributed by atoms with Crippen molar-refractivity contribution in [2.75, 3.05) is 26.0 Å². The molecule has 0 bridgehead atoms. The van der Waals surface area contributed by atoms with E-state index in [1.54, 1.807) is 17.8 Å². The van der Waals surface area contributed by atoms with Crippen molar-refractivity contribution in [3.8, 4) is 0 Å². The minimum absolute atomic E-state index is 0.0212. The van der Waals surface area contributed by atoms with Crippen LogP contribution in [0.1, 0.15) is 0 Å². The highest BCUT2D eigenvalue weighted by molar-refractivity contribution is 8.03. The van der Waals surface area contributed by atoms with Gasteiger partial charge in [0.1, 0.15) is 5.57 Å². The average molecular weight is 329 g/mol. The summed E-state index contributed by atoms with van der Waals surface area (Å²) in [5, 5.41) is 0.904. The zero-order chi connectivity index (χ0) is 16.7. The van der Waals surface area contributed by atoms with Crippen LogP contribution in [0.15, 0.2) is 51.9 Å². The molecular formula is C16H15N3O3S. The Kier molecular flexibility index (Phi) is 3.73. The number of para-hydroxylation sites is 1. The van der Waals surface area contributed by atoms with E-state index < -0.39 is 17.8 Å². The monoisotopic (exact) mass is 329 g/mol. The van der Waals surface area contributed by atoms with Gasteiger partial charge >= 0.3 is 6.03 Å². The van der Waals surface area contributed by atoms with Crippen LogP contribution in [-0.4, -0.2) is 48.8 Å². The molecule has 118 valence electrons. The molecule has 1 saturated heterocycles. The Balaban J connectivity index is 1.92. The summed E-state index contributed by atoms with van der Waals surface area (Å²) >= 11 is 1.56. The summed E-state index contributed by atoms with van der Waals surface area (Å²) in [7, 11) is 4.65. The number of anilines is 1. The van der Waals surface area contributed by atoms with E-state index in [-0.39, 0.29) is 5.57 Å². The van der Waals surface area contributed by atoms with Crippen molar-refractivity contribution in [1.82, 2.24) is 9.80 Å². The smallest absolute Gasteiger partial charge is 0.333 e. The minimum atomic E-state index is -0.621. The number of fused-ring (bicyclic) bond motifs is 1. The van der Waals surface area contributed by atoms with Gasteiger partial charge in [-0.2, -0.15) is 0 Å². The van der Waals surface area contributed by atoms with Crippen molar-refractivity contribution in [2.45, 2.75) is 4.90 Å². The Morgan fingerprint density at radius 2 is 1.48 bits per heavy atom. The number of nitrogens with zero attached hydrogens (tertiary/aromatic N) is 3. The zero-order valence-electron chi connectivity index (χ0n) is 12.9. The van der Waals surface area contributed by atoms with Crippen molar-refractivity contribution in [3.05, 3.63) is 47.0 Å². The molecule has 2 aliphatic rings. The van der Waals surface area contributed by atoms with Crippen molar-refractivity contribution in [1.29, 1.82) is 0 Å². The van der Waals surface area contributed by atoms with E-state index in [0.717, 1.165) is 25.4 Å². The third-order valence-electron chi connectivity index (χ3n) is 3.81. The fraction of sp³-hybridized carbons (Fsp3) is 0.188. The van der Waals surface area contributed by atoms with Crippen LogP contribution in [0, 0.1) is 0 Å². The van der Waals surface area contributed by atoms with Crippen LogP contribution >= 0.6 is 11.8 Å². The Labute approximate surface area is 138 Å². The Hall–Kier alpha value is -2.54. The molecular weight excluding hydrogens is 314 g/mol. The Bertz CT molecular complexity index is 759. The van der Waals surface area contributed by atoms with Crippen molar-refractivity contribution in [2.24, 2.45) is 0 Å². The first-order chi connectivity index (χ1) is 10.9. The first kappa shape index (κ1) is 15.4. The predicted octanol–water partition coefficient (Wildman–Crippen LogP) is 2.05. The topological polar surface area (TPSA) is 60.9 Å². The van der Waals surface area contributed by atoms with Crippen LogP contribution < -0.4 is 4.90 Å². The molecule has 0 N–H and O–H groups in total. The van der Waals surface area contributed by atoms with Gasteiger partial charge in [-0.15, -0.1) is 0 Å². The third-order valence-corrected chi connectivity index (χ3v) is 4.99. The molecule has 2 aliphatic heterocycles. The minimum Gasteiger partial charge on any atom is -0.338 e. The number of carbonyl (C=O) groups excluding carboxylic acids is 3. The first-order valence-electron chi connectivity index (χ1n) is 6.94. The van der Waals surface area contributed by atoms with Gasteiger partial charge in [-0.3, -0.25) is 19.4 Å². The molecule has 0 atom stereocenters. The second-order valence-corrected chi connectivity index (χ2v) is 6.29. The number of amides is 4. The molecule has 2 heterocycles. The molecule has 1 aromatic carbocycles. The number of hydrogen-bond acceptors (Lipinski definition) is 5. The molecule has 7 heteroatoms. The second-order valence-electron chi connectivity index (χ2n) is 5.22. The Morgan fingerprint density at radius 3 is 2.09 bits per heavy atom. The molecule has 6 nitrogen and oxygen atoms in total. The number of imide groups is 2. The summed E-state index contributed by atoms with van der Waals surface area (Å²) in [5.74, 6) is -1.17. The second kappa shape index (κ2) is 5.58. The van der Waals surface area contributed by atoms with Crippen molar-refractivity contribution in [3.63, 3.8) is 0 Å². The van der Waals surface area contributed by atoms with Gasteiger partial charge in [0.15, 0.2) is 0 Å². The maximum Gasteiger partial charge on any atom is 0.333 e. The normalized spacial score (nSPS) is 19.8. The highest BCUT2D eigenvalue weighted by Crippen LogP contribution is 2.44. The summed E-state index contributed by atoms with van der Waals surface area (Å²) in [6, 6.07) is 7.32. The summed E-state index contributed by atoms with van der Waals surface area (Å²) in [5.41, 5.74) is 1.06. The lowest BCUT2D eigenvalue weighted by molar-refractivity contribution is -0.134. The molecule has 0 radical (unpaired) electrons. The molecule has 0 unspecified atom stereocenters. The van der Waals surface area contributed by atoms with Gasteiger partial charge in [0.25, 0.3) is 11.8 Å². The number of rotatable bonds is 1. The lowest BCUT2D eigenvalue weighted by Crippen LogP contribution is -2.53. The number of allylic oxidation sites excluding steroid dienone is 2. The summed E-state index contributed by atoms with van der Waals surface area (Å²) in [4.78, 5) is 41.0. The quantitative estimate of drug-likeness (QED) is 0.583. The van der Waals surface area contributed by atoms with E-state index >= 15 is 0 Å². The zero-order valence-corrected chi connectivity index (χ0v) is 13.8. The number of likely N-dealkylation sites (N-methyl/N-ethyl adjacent to an activating group) is 2. The SMILES string of the molecule is CN1C(=O)C(=CC=C2Sc3ccccc3N2C)C(=O)N(C)C1=O. The molecule has 0 aromatic heterocycles. The van der Waals surface area contributed by atoms with Gasteiger partial charge in [0, 0.05) is 26.0 Å². The fourth-order valence-corrected chi connectivity index (χ4v) is 3.47. The predicted molar refractivity (Wildman–Crippen MR) is 87.8 cm³/mol. The van der Waals surface area contributed by atoms with Gasteiger partial charge in [-0.05, 0) is 24.3 Å². The fourth-order valence-electron chi connectivity index (χ4n) is 2.41. The highest BCUT2D eigenvalue weighted by Gasteiger charge is 2.37. The van der Waals surface area contributed by atoms with Gasteiger partial charge in [0.05, 0.1) is 10.7 Å². The van der Waals surface area contributed by atoms with Crippen molar-refractivity contribution >= 4 is 35.3 Å². The van der Waals surface area contributed by atoms with E-state index in [1.165, 1.54) is 20.2 Å². The van der Waals surface area contributed by atoms with E-state index in [0.29, 0.717) is 0 Å². The third kappa shape index (κ3) is 2.43. The number of thioether (sulfide) groups is 1. The number of urea groups is 1. The standard InChI is InChI=1S/C16H15N3O3S/c1-17-11-6-4-5-7-12(11)23-13(17)9-8-10-14(20)18(2)16(22)19(3)15(10)21/h4-9H,1-3H3. The maximum atomic E-state index is 12.1. The molecule has 23 heavy (non-hydrogen) atoms. The lowest BCUT2D eigenvalue weighted by atomic mass is 10.1. The van der Waals surface area contributed by atoms with Gasteiger partial charge in [-0.1, -0.05) is 23.9 Å². The molecule has 3 rings (SSSR count). The first-order valence-corrected chi connectivity index (χ1v) is 7.76. The van der Waals surface area contributed by atoms with Crippen LogP contribution in [0.2, 0.25) is 0 Å². The number of barbiturate groups is 1. The summed E-state index contributed by atoms with van der Waals surface area (Å²) < 4.78 is 0. The van der Waals surface area contributed by atoms with Gasteiger partial charge in [0.2, 0.25) is 0 Å². The van der Waals surface area contributed by atoms with E-state index in [2.05, 4.69) is 0 Å². The summed E-state index contributed by atoms with van der Waals surface area (Å²) in [6.07, 6.45) is 3.21. The number of benzene rings is 1. The lowest BCUT2D eigenvalue weighted by Gasteiger charge is -2.28. The van der Waals surface area contributed by atoms with Crippen LogP contribution in [-0.2, 0) is 9.59 Å². The average Bonchev–Trinajstić information content (AvgIpc) is 2.88. The van der Waals surface area contributed by atoms with Gasteiger partial charge < -0.3 is 4.90 Å². The molecule has 0 aliphatic carbocycles. The largest absolute Gasteiger partial charge is 0.338 e. The summed E-state index contributed by atoms with van der Waals surface area (Å²) in [6.45, 7) is 0. The van der Waals surface area contributed by atoms with Crippen LogP contribution in [0.4, 0.5) is 10.5 Å². The van der Waals surface area contributed by atoms with E-state index in [4.69, 9.17) is 0 Å². The number of hydrogen-bond donors (Lipinski definition) is 0. The highest BCUT2D eigenvalue weighted by atomic mass is 32.2. The van der Waals surface area contributed by atoms with Gasteiger partial charge in [-0.25, -0.2) is 4.79 Å². The molecule has 0 spiro atoms. The Morgan fingerprint density at radius 1 is 0.870 bits per heavy atom.